The molecule has 2 aromatic heterocycles. The van der Waals surface area contributed by atoms with Crippen LogP contribution in [0, 0.1) is 6.92 Å². The fourth-order valence-corrected chi connectivity index (χ4v) is 3.02. The second-order valence-corrected chi connectivity index (χ2v) is 4.91. The number of imidazole rings is 1. The summed E-state index contributed by atoms with van der Waals surface area (Å²) in [7, 11) is 0. The molecule has 0 aliphatic carbocycles. The van der Waals surface area contributed by atoms with Crippen molar-refractivity contribution in [2.24, 2.45) is 5.73 Å². The van der Waals surface area contributed by atoms with E-state index in [9.17, 15) is 0 Å². The van der Waals surface area contributed by atoms with Gasteiger partial charge in [-0.25, -0.2) is 4.98 Å². The van der Waals surface area contributed by atoms with Crippen LogP contribution in [0.2, 0.25) is 0 Å². The fraction of sp³-hybridized carbons (Fsp3) is 0.154. The van der Waals surface area contributed by atoms with Crippen LogP contribution in [0.25, 0.3) is 21.3 Å². The Hall–Kier alpha value is -1.65. The van der Waals surface area contributed by atoms with Crippen molar-refractivity contribution in [3.8, 4) is 11.3 Å². The molecule has 3 aromatic rings. The maximum atomic E-state index is 5.75. The van der Waals surface area contributed by atoms with Gasteiger partial charge in [0.2, 0.25) is 0 Å². The Kier molecular flexibility index (Phi) is 2.46. The molecule has 86 valence electrons. The van der Waals surface area contributed by atoms with Crippen LogP contribution in [-0.4, -0.2) is 9.97 Å². The molecule has 0 fully saturated rings. The lowest BCUT2D eigenvalue weighted by Crippen LogP contribution is -1.98. The zero-order valence-electron chi connectivity index (χ0n) is 9.53. The molecule has 3 N–H and O–H groups in total. The van der Waals surface area contributed by atoms with E-state index < -0.39 is 0 Å². The second-order valence-electron chi connectivity index (χ2n) is 4.00. The molecule has 0 bridgehead atoms. The van der Waals surface area contributed by atoms with Crippen molar-refractivity contribution in [3.05, 3.63) is 41.2 Å². The van der Waals surface area contributed by atoms with Crippen LogP contribution in [0.15, 0.2) is 29.6 Å². The fourth-order valence-electron chi connectivity index (χ4n) is 2.07. The number of fused-ring (bicyclic) bond motifs is 1. The summed E-state index contributed by atoms with van der Waals surface area (Å²) in [5.74, 6) is 0.913. The Morgan fingerprint density at radius 2 is 2.18 bits per heavy atom. The first-order valence-corrected chi connectivity index (χ1v) is 6.39. The lowest BCUT2D eigenvalue weighted by atomic mass is 10.1. The third kappa shape index (κ3) is 1.66. The number of hydrogen-bond donors (Lipinski definition) is 2. The zero-order chi connectivity index (χ0) is 11.8. The molecule has 0 spiro atoms. The predicted octanol–water partition coefficient (Wildman–Crippen LogP) is 3.06. The molecule has 0 atom stereocenters. The van der Waals surface area contributed by atoms with Crippen molar-refractivity contribution in [1.82, 2.24) is 9.97 Å². The molecule has 17 heavy (non-hydrogen) atoms. The van der Waals surface area contributed by atoms with E-state index >= 15 is 0 Å². The van der Waals surface area contributed by atoms with Gasteiger partial charge in [0.25, 0.3) is 0 Å². The number of nitrogens with zero attached hydrogens (tertiary/aromatic N) is 1. The average Bonchev–Trinajstić information content (AvgIpc) is 2.91. The summed E-state index contributed by atoms with van der Waals surface area (Å²) in [6.07, 6.45) is 0. The summed E-state index contributed by atoms with van der Waals surface area (Å²) in [6.45, 7) is 2.44. The van der Waals surface area contributed by atoms with Crippen LogP contribution >= 0.6 is 11.3 Å². The first-order valence-electron chi connectivity index (χ1n) is 5.51. The van der Waals surface area contributed by atoms with Crippen molar-refractivity contribution < 1.29 is 0 Å². The monoisotopic (exact) mass is 243 g/mol. The summed E-state index contributed by atoms with van der Waals surface area (Å²) >= 11 is 1.74. The number of rotatable bonds is 2. The van der Waals surface area contributed by atoms with Crippen molar-refractivity contribution in [2.45, 2.75) is 13.5 Å². The molecule has 2 heterocycles. The molecule has 0 amide bonds. The molecule has 1 aromatic carbocycles. The van der Waals surface area contributed by atoms with Crippen molar-refractivity contribution in [3.63, 3.8) is 0 Å². The highest BCUT2D eigenvalue weighted by Crippen LogP contribution is 2.34. The van der Waals surface area contributed by atoms with Gasteiger partial charge in [-0.15, -0.1) is 11.3 Å². The molecule has 0 saturated heterocycles. The van der Waals surface area contributed by atoms with E-state index in [0.29, 0.717) is 6.54 Å². The van der Waals surface area contributed by atoms with Crippen LogP contribution in [0.4, 0.5) is 0 Å². The molecule has 3 nitrogen and oxygen atoms in total. The highest BCUT2D eigenvalue weighted by Gasteiger charge is 2.13. The van der Waals surface area contributed by atoms with Gasteiger partial charge in [-0.05, 0) is 13.0 Å². The van der Waals surface area contributed by atoms with Crippen molar-refractivity contribution in [1.29, 1.82) is 0 Å². The summed E-state index contributed by atoms with van der Waals surface area (Å²) in [4.78, 5) is 7.76. The zero-order valence-corrected chi connectivity index (χ0v) is 10.3. The van der Waals surface area contributed by atoms with Gasteiger partial charge in [0, 0.05) is 27.6 Å². The lowest BCUT2D eigenvalue weighted by molar-refractivity contribution is 0.999. The number of nitrogens with two attached hydrogens (primary N) is 1. The van der Waals surface area contributed by atoms with Gasteiger partial charge >= 0.3 is 0 Å². The predicted molar refractivity (Wildman–Crippen MR) is 72.0 cm³/mol. The van der Waals surface area contributed by atoms with Crippen LogP contribution in [-0.2, 0) is 6.54 Å². The SMILES string of the molecule is Cc1nc(-c2csc3ccccc23)c(CN)[nH]1. The number of benzene rings is 1. The first-order chi connectivity index (χ1) is 8.29. The molecule has 4 heteroatoms. The number of nitrogens with one attached hydrogen (secondary N) is 1. The largest absolute Gasteiger partial charge is 0.345 e. The standard InChI is InChI=1S/C13H13N3S/c1-8-15-11(6-14)13(16-8)10-7-17-12-5-3-2-4-9(10)12/h2-5,7H,6,14H2,1H3,(H,15,16). The average molecular weight is 243 g/mol. The molecule has 0 unspecified atom stereocenters. The van der Waals surface area contributed by atoms with E-state index in [4.69, 9.17) is 5.73 Å². The van der Waals surface area contributed by atoms with Crippen molar-refractivity contribution >= 4 is 21.4 Å². The Labute approximate surface area is 103 Å². The van der Waals surface area contributed by atoms with E-state index in [0.717, 1.165) is 17.2 Å². The van der Waals surface area contributed by atoms with Gasteiger partial charge in [0.05, 0.1) is 11.4 Å². The minimum atomic E-state index is 0.486. The van der Waals surface area contributed by atoms with Gasteiger partial charge in [-0.1, -0.05) is 18.2 Å². The van der Waals surface area contributed by atoms with Crippen LogP contribution < -0.4 is 5.73 Å². The van der Waals surface area contributed by atoms with Crippen LogP contribution in [0.1, 0.15) is 11.5 Å². The third-order valence-corrected chi connectivity index (χ3v) is 3.80. The maximum Gasteiger partial charge on any atom is 0.103 e. The minimum absolute atomic E-state index is 0.486. The smallest absolute Gasteiger partial charge is 0.103 e. The number of aromatic amines is 1. The normalized spacial score (nSPS) is 11.2. The summed E-state index contributed by atoms with van der Waals surface area (Å²) < 4.78 is 1.28. The summed E-state index contributed by atoms with van der Waals surface area (Å²) in [5, 5.41) is 3.40. The second kappa shape index (κ2) is 3.98. The Balaban J connectivity index is 2.26. The van der Waals surface area contributed by atoms with E-state index in [1.165, 1.54) is 15.6 Å². The number of thiophene rings is 1. The molecule has 0 aliphatic rings. The highest BCUT2D eigenvalue weighted by atomic mass is 32.1. The minimum Gasteiger partial charge on any atom is -0.345 e. The van der Waals surface area contributed by atoms with Gasteiger partial charge in [0.1, 0.15) is 5.82 Å². The quantitative estimate of drug-likeness (QED) is 0.726. The Morgan fingerprint density at radius 1 is 1.35 bits per heavy atom. The molecular weight excluding hydrogens is 230 g/mol. The molecule has 0 radical (unpaired) electrons. The van der Waals surface area contributed by atoms with Gasteiger partial charge < -0.3 is 10.7 Å². The van der Waals surface area contributed by atoms with Gasteiger partial charge in [0.15, 0.2) is 0 Å². The Morgan fingerprint density at radius 3 is 3.00 bits per heavy atom. The maximum absolute atomic E-state index is 5.75. The van der Waals surface area contributed by atoms with E-state index in [1.54, 1.807) is 11.3 Å². The number of aryl methyl sites for hydroxylation is 1. The molecule has 0 saturated carbocycles. The number of H-pyrrole nitrogens is 1. The summed E-state index contributed by atoms with van der Waals surface area (Å²) in [5.41, 5.74) is 8.92. The van der Waals surface area contributed by atoms with Gasteiger partial charge in [-0.2, -0.15) is 0 Å². The summed E-state index contributed by atoms with van der Waals surface area (Å²) in [6, 6.07) is 8.37. The van der Waals surface area contributed by atoms with Crippen LogP contribution in [0.3, 0.4) is 0 Å². The van der Waals surface area contributed by atoms with Gasteiger partial charge in [-0.3, -0.25) is 0 Å². The topological polar surface area (TPSA) is 54.7 Å². The van der Waals surface area contributed by atoms with E-state index in [-0.39, 0.29) is 0 Å². The third-order valence-electron chi connectivity index (χ3n) is 2.84. The highest BCUT2D eigenvalue weighted by molar-refractivity contribution is 7.17. The lowest BCUT2D eigenvalue weighted by Gasteiger charge is -1.98. The molecule has 0 aliphatic heterocycles. The first kappa shape index (κ1) is 10.5. The Bertz CT molecular complexity index is 666. The number of hydrogen-bond acceptors (Lipinski definition) is 3. The molecule has 3 rings (SSSR count). The van der Waals surface area contributed by atoms with Crippen molar-refractivity contribution in [2.75, 3.05) is 0 Å². The number of aromatic nitrogens is 2. The van der Waals surface area contributed by atoms with E-state index in [1.807, 2.05) is 6.92 Å². The molecular formula is C13H13N3S. The van der Waals surface area contributed by atoms with E-state index in [2.05, 4.69) is 39.6 Å². The van der Waals surface area contributed by atoms with Crippen LogP contribution in [0.5, 0.6) is 0 Å².